The van der Waals surface area contributed by atoms with Gasteiger partial charge in [0.15, 0.2) is 0 Å². The molecule has 23 heavy (non-hydrogen) atoms. The number of rotatable bonds is 4. The Kier molecular flexibility index (Phi) is 4.37. The summed E-state index contributed by atoms with van der Waals surface area (Å²) in [5.74, 6) is -0.369. The summed E-state index contributed by atoms with van der Waals surface area (Å²) in [5.41, 5.74) is 3.72. The van der Waals surface area contributed by atoms with E-state index in [1.807, 2.05) is 34.9 Å². The highest BCUT2D eigenvalue weighted by Gasteiger charge is 2.19. The molecule has 118 valence electrons. The van der Waals surface area contributed by atoms with E-state index in [1.54, 1.807) is 25.1 Å². The van der Waals surface area contributed by atoms with Crippen molar-refractivity contribution in [3.63, 3.8) is 0 Å². The maximum Gasteiger partial charge on any atom is 0.340 e. The van der Waals surface area contributed by atoms with Gasteiger partial charge in [-0.25, -0.2) is 4.79 Å². The number of carbonyl (C=O) groups is 1. The highest BCUT2D eigenvalue weighted by Crippen LogP contribution is 2.30. The minimum absolute atomic E-state index is 0.0489. The number of pyridine rings is 1. The summed E-state index contributed by atoms with van der Waals surface area (Å²) >= 11 is 5.96. The molecule has 5 heteroatoms. The highest BCUT2D eigenvalue weighted by molar-refractivity contribution is 6.30. The molecule has 3 rings (SSSR count). The fourth-order valence-corrected chi connectivity index (χ4v) is 2.72. The molecule has 0 fully saturated rings. The number of aliphatic hydroxyl groups is 1. The largest absolute Gasteiger partial charge is 0.462 e. The van der Waals surface area contributed by atoms with Crippen molar-refractivity contribution in [3.05, 3.63) is 64.8 Å². The molecule has 1 N–H and O–H groups in total. The van der Waals surface area contributed by atoms with Crippen LogP contribution in [0.1, 0.15) is 22.8 Å². The van der Waals surface area contributed by atoms with Gasteiger partial charge < -0.3 is 14.2 Å². The third-order valence-electron chi connectivity index (χ3n) is 3.63. The summed E-state index contributed by atoms with van der Waals surface area (Å²) in [7, 11) is 0. The number of hydrogen-bond donors (Lipinski definition) is 1. The van der Waals surface area contributed by atoms with Gasteiger partial charge in [-0.1, -0.05) is 23.7 Å². The molecule has 0 aliphatic heterocycles. The number of hydrogen-bond acceptors (Lipinski definition) is 3. The van der Waals surface area contributed by atoms with Crippen molar-refractivity contribution in [2.24, 2.45) is 0 Å². The average Bonchev–Trinajstić information content (AvgIpc) is 2.94. The Bertz CT molecular complexity index is 853. The summed E-state index contributed by atoms with van der Waals surface area (Å²) < 4.78 is 7.08. The van der Waals surface area contributed by atoms with Crippen molar-refractivity contribution in [1.29, 1.82) is 0 Å². The van der Waals surface area contributed by atoms with Crippen LogP contribution in [-0.4, -0.2) is 22.1 Å². The highest BCUT2D eigenvalue weighted by atomic mass is 35.5. The smallest absolute Gasteiger partial charge is 0.340 e. The fourth-order valence-electron chi connectivity index (χ4n) is 2.59. The first-order valence-electron chi connectivity index (χ1n) is 7.32. The van der Waals surface area contributed by atoms with Gasteiger partial charge in [0.05, 0.1) is 24.5 Å². The summed E-state index contributed by atoms with van der Waals surface area (Å²) in [6.45, 7) is 2.04. The second-order valence-corrected chi connectivity index (χ2v) is 5.56. The van der Waals surface area contributed by atoms with E-state index in [-0.39, 0.29) is 12.6 Å². The van der Waals surface area contributed by atoms with Crippen LogP contribution >= 0.6 is 11.6 Å². The van der Waals surface area contributed by atoms with Gasteiger partial charge in [-0.05, 0) is 48.4 Å². The van der Waals surface area contributed by atoms with E-state index in [4.69, 9.17) is 16.3 Å². The monoisotopic (exact) mass is 329 g/mol. The van der Waals surface area contributed by atoms with Crippen LogP contribution in [0.4, 0.5) is 0 Å². The Morgan fingerprint density at radius 1 is 1.22 bits per heavy atom. The zero-order valence-corrected chi connectivity index (χ0v) is 13.4. The molecule has 0 saturated carbocycles. The number of halogens is 1. The zero-order chi connectivity index (χ0) is 16.4. The first-order chi connectivity index (χ1) is 11.1. The maximum absolute atomic E-state index is 12.3. The lowest BCUT2D eigenvalue weighted by Crippen LogP contribution is -2.05. The van der Waals surface area contributed by atoms with Crippen LogP contribution in [0.3, 0.4) is 0 Å². The molecule has 4 nitrogen and oxygen atoms in total. The number of nitrogens with zero attached hydrogens (tertiary/aromatic N) is 1. The van der Waals surface area contributed by atoms with E-state index in [9.17, 15) is 9.90 Å². The standard InChI is InChI=1S/C18H16ClNO3/c1-2-23-18(22)16-10-15-9-12(11-21)7-8-20(15)17(16)13-3-5-14(19)6-4-13/h3-10,21H,2,11H2,1H3. The van der Waals surface area contributed by atoms with Crippen LogP contribution < -0.4 is 0 Å². The normalized spacial score (nSPS) is 10.9. The van der Waals surface area contributed by atoms with E-state index < -0.39 is 0 Å². The average molecular weight is 330 g/mol. The Morgan fingerprint density at radius 2 is 1.96 bits per heavy atom. The molecule has 0 amide bonds. The zero-order valence-electron chi connectivity index (χ0n) is 12.6. The molecule has 0 bridgehead atoms. The molecular formula is C18H16ClNO3. The molecular weight excluding hydrogens is 314 g/mol. The third kappa shape index (κ3) is 2.96. The molecule has 0 saturated heterocycles. The first kappa shape index (κ1) is 15.6. The van der Waals surface area contributed by atoms with E-state index in [0.29, 0.717) is 17.2 Å². The van der Waals surface area contributed by atoms with E-state index in [1.165, 1.54) is 0 Å². The molecule has 2 aromatic heterocycles. The lowest BCUT2D eigenvalue weighted by Gasteiger charge is -2.08. The molecule has 0 atom stereocenters. The molecule has 0 unspecified atom stereocenters. The van der Waals surface area contributed by atoms with E-state index in [0.717, 1.165) is 22.3 Å². The van der Waals surface area contributed by atoms with E-state index in [2.05, 4.69) is 0 Å². The molecule has 1 aromatic carbocycles. The van der Waals surface area contributed by atoms with Crippen molar-refractivity contribution in [3.8, 4) is 11.3 Å². The van der Waals surface area contributed by atoms with Gasteiger partial charge in [-0.15, -0.1) is 0 Å². The number of ether oxygens (including phenoxy) is 1. The van der Waals surface area contributed by atoms with Crippen LogP contribution in [0.2, 0.25) is 5.02 Å². The lowest BCUT2D eigenvalue weighted by atomic mass is 10.1. The Hall–Kier alpha value is -2.30. The predicted molar refractivity (Wildman–Crippen MR) is 89.7 cm³/mol. The number of esters is 1. The quantitative estimate of drug-likeness (QED) is 0.738. The molecule has 0 aliphatic rings. The maximum atomic E-state index is 12.3. The number of aromatic nitrogens is 1. The molecule has 3 aromatic rings. The minimum atomic E-state index is -0.369. The number of carbonyl (C=O) groups excluding carboxylic acids is 1. The minimum Gasteiger partial charge on any atom is -0.462 e. The van der Waals surface area contributed by atoms with Gasteiger partial charge in [0.1, 0.15) is 0 Å². The van der Waals surface area contributed by atoms with Gasteiger partial charge in [-0.2, -0.15) is 0 Å². The second kappa shape index (κ2) is 6.44. The Balaban J connectivity index is 2.24. The summed E-state index contributed by atoms with van der Waals surface area (Å²) in [6, 6.07) is 12.8. The second-order valence-electron chi connectivity index (χ2n) is 5.12. The van der Waals surface area contributed by atoms with Gasteiger partial charge in [0, 0.05) is 16.7 Å². The number of benzene rings is 1. The van der Waals surface area contributed by atoms with Crippen molar-refractivity contribution in [1.82, 2.24) is 4.40 Å². The number of fused-ring (bicyclic) bond motifs is 1. The van der Waals surface area contributed by atoms with Crippen LogP contribution in [0.15, 0.2) is 48.7 Å². The lowest BCUT2D eigenvalue weighted by molar-refractivity contribution is 0.0527. The van der Waals surface area contributed by atoms with Gasteiger partial charge in [0.2, 0.25) is 0 Å². The number of aliphatic hydroxyl groups excluding tert-OH is 1. The Morgan fingerprint density at radius 3 is 2.61 bits per heavy atom. The van der Waals surface area contributed by atoms with Gasteiger partial charge in [0.25, 0.3) is 0 Å². The summed E-state index contributed by atoms with van der Waals surface area (Å²) in [4.78, 5) is 12.3. The van der Waals surface area contributed by atoms with Crippen LogP contribution in [0.5, 0.6) is 0 Å². The topological polar surface area (TPSA) is 50.9 Å². The SMILES string of the molecule is CCOC(=O)c1cc2cc(CO)ccn2c1-c1ccc(Cl)cc1. The summed E-state index contributed by atoms with van der Waals surface area (Å²) in [5, 5.41) is 9.93. The van der Waals surface area contributed by atoms with Crippen molar-refractivity contribution < 1.29 is 14.6 Å². The van der Waals surface area contributed by atoms with Crippen LogP contribution in [0, 0.1) is 0 Å². The van der Waals surface area contributed by atoms with Gasteiger partial charge in [-0.3, -0.25) is 0 Å². The van der Waals surface area contributed by atoms with Crippen molar-refractivity contribution in [2.45, 2.75) is 13.5 Å². The molecule has 0 radical (unpaired) electrons. The first-order valence-corrected chi connectivity index (χ1v) is 7.69. The fraction of sp³-hybridized carbons (Fsp3) is 0.167. The van der Waals surface area contributed by atoms with Crippen LogP contribution in [0.25, 0.3) is 16.8 Å². The Labute approximate surface area is 138 Å². The molecule has 2 heterocycles. The summed E-state index contributed by atoms with van der Waals surface area (Å²) in [6.07, 6.45) is 1.84. The van der Waals surface area contributed by atoms with E-state index >= 15 is 0 Å². The predicted octanol–water partition coefficient (Wildman–Crippen LogP) is 3.93. The van der Waals surface area contributed by atoms with Gasteiger partial charge >= 0.3 is 5.97 Å². The molecule has 0 spiro atoms. The van der Waals surface area contributed by atoms with Crippen LogP contribution in [-0.2, 0) is 11.3 Å². The third-order valence-corrected chi connectivity index (χ3v) is 3.88. The molecule has 0 aliphatic carbocycles. The van der Waals surface area contributed by atoms with Crippen molar-refractivity contribution >= 4 is 23.1 Å². The van der Waals surface area contributed by atoms with Crippen molar-refractivity contribution in [2.75, 3.05) is 6.61 Å².